The van der Waals surface area contributed by atoms with Crippen molar-refractivity contribution in [2.24, 2.45) is 5.92 Å². The Balaban J connectivity index is 2.18. The van der Waals surface area contributed by atoms with Gasteiger partial charge in [0.1, 0.15) is 6.61 Å². The molecule has 1 rings (SSSR count). The van der Waals surface area contributed by atoms with E-state index in [1.807, 2.05) is 0 Å². The van der Waals surface area contributed by atoms with Crippen molar-refractivity contribution in [1.82, 2.24) is 4.90 Å². The summed E-state index contributed by atoms with van der Waals surface area (Å²) < 4.78 is 9.88. The Morgan fingerprint density at radius 2 is 2.21 bits per heavy atom. The van der Waals surface area contributed by atoms with E-state index in [9.17, 15) is 4.79 Å². The fraction of sp³-hybridized carbons (Fsp3) is 0.900. The molecule has 0 N–H and O–H groups in total. The molecular weight excluding hydrogens is 182 g/mol. The third-order valence-electron chi connectivity index (χ3n) is 2.48. The lowest BCUT2D eigenvalue weighted by molar-refractivity contribution is -0.123. The Kier molecular flexibility index (Phi) is 5.07. The quantitative estimate of drug-likeness (QED) is 0.614. The molecule has 82 valence electrons. The number of ketones is 1. The molecule has 1 fully saturated rings. The number of rotatable bonds is 6. The number of methoxy groups -OCH3 is 2. The lowest BCUT2D eigenvalue weighted by Gasteiger charge is -2.14. The maximum Gasteiger partial charge on any atom is 0.172 e. The summed E-state index contributed by atoms with van der Waals surface area (Å²) in [6.07, 6.45) is 1.13. The van der Waals surface area contributed by atoms with Gasteiger partial charge in [-0.05, 0) is 18.9 Å². The third kappa shape index (κ3) is 3.74. The summed E-state index contributed by atoms with van der Waals surface area (Å²) in [5.41, 5.74) is 0. The summed E-state index contributed by atoms with van der Waals surface area (Å²) >= 11 is 0. The molecule has 0 aromatic carbocycles. The van der Waals surface area contributed by atoms with Crippen LogP contribution in [0.2, 0.25) is 0 Å². The highest BCUT2D eigenvalue weighted by molar-refractivity contribution is 5.81. The number of likely N-dealkylation sites (tertiary alicyclic amines) is 1. The molecule has 1 saturated heterocycles. The summed E-state index contributed by atoms with van der Waals surface area (Å²) in [7, 11) is 3.27. The molecule has 4 heteroatoms. The van der Waals surface area contributed by atoms with Crippen LogP contribution in [0.3, 0.4) is 0 Å². The fourth-order valence-corrected chi connectivity index (χ4v) is 1.88. The maximum atomic E-state index is 11.3. The van der Waals surface area contributed by atoms with Crippen molar-refractivity contribution >= 4 is 5.78 Å². The van der Waals surface area contributed by atoms with Crippen LogP contribution in [0, 0.1) is 5.92 Å². The van der Waals surface area contributed by atoms with E-state index in [-0.39, 0.29) is 12.4 Å². The molecule has 1 aliphatic heterocycles. The first kappa shape index (κ1) is 11.6. The van der Waals surface area contributed by atoms with E-state index < -0.39 is 0 Å². The molecule has 0 saturated carbocycles. The van der Waals surface area contributed by atoms with Crippen LogP contribution in [0.5, 0.6) is 0 Å². The SMILES string of the molecule is COCC(=O)CN1CCC(COC)C1. The second-order valence-corrected chi connectivity index (χ2v) is 3.82. The van der Waals surface area contributed by atoms with Crippen molar-refractivity contribution in [3.8, 4) is 0 Å². The molecule has 0 radical (unpaired) electrons. The summed E-state index contributed by atoms with van der Waals surface area (Å²) in [4.78, 5) is 13.4. The Morgan fingerprint density at radius 1 is 1.43 bits per heavy atom. The number of ether oxygens (including phenoxy) is 2. The molecule has 4 nitrogen and oxygen atoms in total. The highest BCUT2D eigenvalue weighted by Gasteiger charge is 2.23. The van der Waals surface area contributed by atoms with Crippen LogP contribution in [0.25, 0.3) is 0 Å². The first-order valence-corrected chi connectivity index (χ1v) is 4.98. The van der Waals surface area contributed by atoms with Crippen molar-refractivity contribution in [1.29, 1.82) is 0 Å². The van der Waals surface area contributed by atoms with Gasteiger partial charge in [-0.1, -0.05) is 0 Å². The van der Waals surface area contributed by atoms with Crippen LogP contribution >= 0.6 is 0 Å². The highest BCUT2D eigenvalue weighted by atomic mass is 16.5. The van der Waals surface area contributed by atoms with Gasteiger partial charge >= 0.3 is 0 Å². The molecule has 0 aromatic heterocycles. The molecule has 0 spiro atoms. The van der Waals surface area contributed by atoms with E-state index in [4.69, 9.17) is 9.47 Å². The van der Waals surface area contributed by atoms with Gasteiger partial charge in [-0.25, -0.2) is 0 Å². The van der Waals surface area contributed by atoms with Crippen molar-refractivity contribution in [2.75, 3.05) is 47.1 Å². The van der Waals surface area contributed by atoms with Crippen molar-refractivity contribution in [3.05, 3.63) is 0 Å². The van der Waals surface area contributed by atoms with Crippen LogP contribution in [0.15, 0.2) is 0 Å². The van der Waals surface area contributed by atoms with E-state index in [1.165, 1.54) is 0 Å². The standard InChI is InChI=1S/C10H19NO3/c1-13-7-9-3-4-11(5-9)6-10(12)8-14-2/h9H,3-8H2,1-2H3. The Hall–Kier alpha value is -0.450. The summed E-state index contributed by atoms with van der Waals surface area (Å²) in [6.45, 7) is 3.53. The molecule has 1 heterocycles. The van der Waals surface area contributed by atoms with Gasteiger partial charge in [0.15, 0.2) is 5.78 Å². The first-order valence-electron chi connectivity index (χ1n) is 4.98. The number of hydrogen-bond donors (Lipinski definition) is 0. The Labute approximate surface area is 85.2 Å². The van der Waals surface area contributed by atoms with Gasteiger partial charge in [-0.2, -0.15) is 0 Å². The van der Waals surface area contributed by atoms with E-state index in [1.54, 1.807) is 14.2 Å². The zero-order valence-corrected chi connectivity index (χ0v) is 8.99. The third-order valence-corrected chi connectivity index (χ3v) is 2.48. The minimum absolute atomic E-state index is 0.158. The minimum atomic E-state index is 0.158. The van der Waals surface area contributed by atoms with E-state index in [0.717, 1.165) is 26.1 Å². The topological polar surface area (TPSA) is 38.8 Å². The number of carbonyl (C=O) groups excluding carboxylic acids is 1. The van der Waals surface area contributed by atoms with E-state index in [2.05, 4.69) is 4.90 Å². The van der Waals surface area contributed by atoms with Gasteiger partial charge in [-0.3, -0.25) is 9.69 Å². The average Bonchev–Trinajstić information content (AvgIpc) is 2.53. The average molecular weight is 201 g/mol. The van der Waals surface area contributed by atoms with Gasteiger partial charge in [-0.15, -0.1) is 0 Å². The van der Waals surface area contributed by atoms with Gasteiger partial charge in [0, 0.05) is 20.8 Å². The van der Waals surface area contributed by atoms with Gasteiger partial charge in [0.05, 0.1) is 13.2 Å². The molecule has 1 aliphatic rings. The lowest BCUT2D eigenvalue weighted by Crippen LogP contribution is -2.30. The van der Waals surface area contributed by atoms with Crippen LogP contribution in [0.4, 0.5) is 0 Å². The summed E-state index contributed by atoms with van der Waals surface area (Å²) in [5, 5.41) is 0. The van der Waals surface area contributed by atoms with Crippen LogP contribution < -0.4 is 0 Å². The predicted octanol–water partition coefficient (Wildman–Crippen LogP) is 0.170. The number of carbonyl (C=O) groups is 1. The van der Waals surface area contributed by atoms with Gasteiger partial charge in [0.25, 0.3) is 0 Å². The van der Waals surface area contributed by atoms with Gasteiger partial charge in [0.2, 0.25) is 0 Å². The summed E-state index contributed by atoms with van der Waals surface area (Å²) in [5.74, 6) is 0.751. The smallest absolute Gasteiger partial charge is 0.172 e. The van der Waals surface area contributed by atoms with Gasteiger partial charge < -0.3 is 9.47 Å². The molecule has 1 atom stereocenters. The molecular formula is C10H19NO3. The largest absolute Gasteiger partial charge is 0.384 e. The second-order valence-electron chi connectivity index (χ2n) is 3.82. The first-order chi connectivity index (χ1) is 6.76. The highest BCUT2D eigenvalue weighted by Crippen LogP contribution is 2.15. The minimum Gasteiger partial charge on any atom is -0.384 e. The number of hydrogen-bond acceptors (Lipinski definition) is 4. The Bertz CT molecular complexity index is 184. The monoisotopic (exact) mass is 201 g/mol. The normalized spacial score (nSPS) is 22.9. The van der Waals surface area contributed by atoms with Crippen LogP contribution in [-0.4, -0.2) is 57.8 Å². The molecule has 0 bridgehead atoms. The molecule has 0 aliphatic carbocycles. The number of nitrogens with zero attached hydrogens (tertiary/aromatic N) is 1. The summed E-state index contributed by atoms with van der Waals surface area (Å²) in [6, 6.07) is 0. The van der Waals surface area contributed by atoms with Crippen molar-refractivity contribution < 1.29 is 14.3 Å². The Morgan fingerprint density at radius 3 is 2.86 bits per heavy atom. The lowest BCUT2D eigenvalue weighted by atomic mass is 10.1. The fourth-order valence-electron chi connectivity index (χ4n) is 1.88. The van der Waals surface area contributed by atoms with Crippen molar-refractivity contribution in [2.45, 2.75) is 6.42 Å². The molecule has 0 amide bonds. The maximum absolute atomic E-state index is 11.3. The van der Waals surface area contributed by atoms with E-state index >= 15 is 0 Å². The zero-order valence-electron chi connectivity index (χ0n) is 8.99. The number of Topliss-reactive ketones (excluding diaryl/α,β-unsaturated/α-hetero) is 1. The van der Waals surface area contributed by atoms with Crippen LogP contribution in [0.1, 0.15) is 6.42 Å². The second kappa shape index (κ2) is 6.11. The van der Waals surface area contributed by atoms with E-state index in [0.29, 0.717) is 12.5 Å². The molecule has 14 heavy (non-hydrogen) atoms. The predicted molar refractivity (Wildman–Crippen MR) is 53.3 cm³/mol. The van der Waals surface area contributed by atoms with Crippen molar-refractivity contribution in [3.63, 3.8) is 0 Å². The van der Waals surface area contributed by atoms with Crippen LogP contribution in [-0.2, 0) is 14.3 Å². The molecule has 1 unspecified atom stereocenters. The molecule has 0 aromatic rings. The zero-order chi connectivity index (χ0) is 10.4.